The summed E-state index contributed by atoms with van der Waals surface area (Å²) in [6.45, 7) is 0.0480. The molecule has 3 heterocycles. The molecule has 0 bridgehead atoms. The Morgan fingerprint density at radius 1 is 1.06 bits per heavy atom. The van der Waals surface area contributed by atoms with E-state index in [1.807, 2.05) is 0 Å². The van der Waals surface area contributed by atoms with Crippen LogP contribution in [0, 0.1) is 0 Å². The van der Waals surface area contributed by atoms with E-state index < -0.39 is 17.7 Å². The molecular formula is C23H19N3O8S. The maximum absolute atomic E-state index is 13.3. The summed E-state index contributed by atoms with van der Waals surface area (Å²) in [5, 5.41) is 19.3. The van der Waals surface area contributed by atoms with Gasteiger partial charge in [-0.1, -0.05) is 11.3 Å². The Labute approximate surface area is 203 Å². The zero-order valence-electron chi connectivity index (χ0n) is 18.8. The maximum Gasteiger partial charge on any atom is 0.301 e. The van der Waals surface area contributed by atoms with E-state index in [4.69, 9.17) is 23.7 Å². The first kappa shape index (κ1) is 22.5. The molecular weight excluding hydrogens is 478 g/mol. The van der Waals surface area contributed by atoms with Crippen LogP contribution in [0.3, 0.4) is 0 Å². The van der Waals surface area contributed by atoms with E-state index in [0.717, 1.165) is 11.3 Å². The van der Waals surface area contributed by atoms with Crippen molar-refractivity contribution in [3.05, 3.63) is 52.5 Å². The second-order valence-electron chi connectivity index (χ2n) is 7.42. The molecule has 0 saturated carbocycles. The van der Waals surface area contributed by atoms with Crippen molar-refractivity contribution in [3.63, 3.8) is 0 Å². The molecule has 2 aliphatic rings. The standard InChI is InChI=1S/C23H19N3O8S/c1-30-15-7-12(8-16(31-2)21(15)32-3)18-17(20(28)22(29)26(18)23-25-24-9-35-23)19(27)11-4-5-13-14(6-11)34-10-33-13/h4-9,18,27H,10H2,1-3H3/b19-17+. The number of carbonyl (C=O) groups is 2. The third kappa shape index (κ3) is 3.58. The van der Waals surface area contributed by atoms with Gasteiger partial charge in [-0.15, -0.1) is 10.2 Å². The molecule has 35 heavy (non-hydrogen) atoms. The van der Waals surface area contributed by atoms with Crippen LogP contribution >= 0.6 is 11.3 Å². The average Bonchev–Trinajstić information content (AvgIpc) is 3.62. The predicted octanol–water partition coefficient (Wildman–Crippen LogP) is 2.92. The van der Waals surface area contributed by atoms with Gasteiger partial charge in [-0.25, -0.2) is 0 Å². The molecule has 2 aromatic carbocycles. The summed E-state index contributed by atoms with van der Waals surface area (Å²) in [5.41, 5.74) is 2.01. The molecule has 11 nitrogen and oxygen atoms in total. The van der Waals surface area contributed by atoms with Gasteiger partial charge in [-0.2, -0.15) is 0 Å². The molecule has 0 aliphatic carbocycles. The van der Waals surface area contributed by atoms with Gasteiger partial charge >= 0.3 is 5.91 Å². The molecule has 1 atom stereocenters. The highest BCUT2D eigenvalue weighted by molar-refractivity contribution is 7.13. The highest BCUT2D eigenvalue weighted by atomic mass is 32.1. The van der Waals surface area contributed by atoms with Gasteiger partial charge in [0.25, 0.3) is 5.78 Å². The number of anilines is 1. The lowest BCUT2D eigenvalue weighted by molar-refractivity contribution is -0.132. The van der Waals surface area contributed by atoms with Crippen molar-refractivity contribution in [3.8, 4) is 28.7 Å². The summed E-state index contributed by atoms with van der Waals surface area (Å²) >= 11 is 1.08. The number of ketones is 1. The van der Waals surface area contributed by atoms with Crippen molar-refractivity contribution in [2.45, 2.75) is 6.04 Å². The van der Waals surface area contributed by atoms with Crippen LogP contribution < -0.4 is 28.6 Å². The number of rotatable bonds is 6. The van der Waals surface area contributed by atoms with Crippen molar-refractivity contribution in [2.24, 2.45) is 0 Å². The number of hydrogen-bond donors (Lipinski definition) is 1. The smallest absolute Gasteiger partial charge is 0.301 e. The van der Waals surface area contributed by atoms with Crippen LogP contribution in [0.2, 0.25) is 0 Å². The summed E-state index contributed by atoms with van der Waals surface area (Å²) in [4.78, 5) is 27.7. The molecule has 1 unspecified atom stereocenters. The van der Waals surface area contributed by atoms with E-state index in [2.05, 4.69) is 10.2 Å². The second kappa shape index (κ2) is 8.80. The second-order valence-corrected chi connectivity index (χ2v) is 8.23. The van der Waals surface area contributed by atoms with Gasteiger partial charge in [0, 0.05) is 5.56 Å². The number of ether oxygens (including phenoxy) is 5. The summed E-state index contributed by atoms with van der Waals surface area (Å²) < 4.78 is 27.0. The molecule has 2 aliphatic heterocycles. The van der Waals surface area contributed by atoms with Crippen molar-refractivity contribution in [1.29, 1.82) is 0 Å². The molecule has 5 rings (SSSR count). The normalized spacial score (nSPS) is 18.1. The first-order valence-electron chi connectivity index (χ1n) is 10.3. The number of aromatic nitrogens is 2. The topological polar surface area (TPSA) is 130 Å². The van der Waals surface area contributed by atoms with Crippen LogP contribution in [-0.2, 0) is 9.59 Å². The summed E-state index contributed by atoms with van der Waals surface area (Å²) in [5.74, 6) is -0.235. The van der Waals surface area contributed by atoms with Crippen LogP contribution in [0.5, 0.6) is 28.7 Å². The fourth-order valence-electron chi connectivity index (χ4n) is 4.08. The van der Waals surface area contributed by atoms with E-state index in [1.165, 1.54) is 31.7 Å². The van der Waals surface area contributed by atoms with E-state index in [0.29, 0.717) is 34.3 Å². The minimum absolute atomic E-state index is 0.0480. The lowest BCUT2D eigenvalue weighted by Gasteiger charge is -2.24. The Kier molecular flexibility index (Phi) is 5.65. The minimum Gasteiger partial charge on any atom is -0.507 e. The number of amides is 1. The van der Waals surface area contributed by atoms with E-state index in [-0.39, 0.29) is 28.8 Å². The van der Waals surface area contributed by atoms with Crippen LogP contribution in [0.25, 0.3) is 5.76 Å². The van der Waals surface area contributed by atoms with Crippen LogP contribution in [0.1, 0.15) is 17.2 Å². The number of nitrogens with zero attached hydrogens (tertiary/aromatic N) is 3. The van der Waals surface area contributed by atoms with Gasteiger partial charge in [-0.05, 0) is 35.9 Å². The fraction of sp³-hybridized carbons (Fsp3) is 0.217. The lowest BCUT2D eigenvalue weighted by Crippen LogP contribution is -2.29. The van der Waals surface area contributed by atoms with Crippen molar-refractivity contribution in [1.82, 2.24) is 10.2 Å². The highest BCUT2D eigenvalue weighted by Gasteiger charge is 2.48. The molecule has 1 fully saturated rings. The van der Waals surface area contributed by atoms with Gasteiger partial charge in [0.2, 0.25) is 17.7 Å². The predicted molar refractivity (Wildman–Crippen MR) is 123 cm³/mol. The number of aliphatic hydroxyl groups excluding tert-OH is 1. The number of aliphatic hydroxyl groups is 1. The third-order valence-corrected chi connectivity index (χ3v) is 6.34. The lowest BCUT2D eigenvalue weighted by atomic mass is 9.94. The Balaban J connectivity index is 1.74. The zero-order valence-corrected chi connectivity index (χ0v) is 19.6. The number of carbonyl (C=O) groups excluding carboxylic acids is 2. The zero-order chi connectivity index (χ0) is 24.7. The number of hydrogen-bond acceptors (Lipinski definition) is 11. The largest absolute Gasteiger partial charge is 0.507 e. The first-order valence-corrected chi connectivity index (χ1v) is 11.1. The van der Waals surface area contributed by atoms with E-state index in [1.54, 1.807) is 30.3 Å². The first-order chi connectivity index (χ1) is 17.0. The highest BCUT2D eigenvalue weighted by Crippen LogP contribution is 2.47. The quantitative estimate of drug-likeness (QED) is 0.308. The van der Waals surface area contributed by atoms with Gasteiger partial charge in [0.1, 0.15) is 11.3 Å². The van der Waals surface area contributed by atoms with Crippen LogP contribution in [0.15, 0.2) is 41.4 Å². The fourth-order valence-corrected chi connectivity index (χ4v) is 4.66. The van der Waals surface area contributed by atoms with Gasteiger partial charge in [-0.3, -0.25) is 14.5 Å². The summed E-state index contributed by atoms with van der Waals surface area (Å²) in [7, 11) is 4.37. The van der Waals surface area contributed by atoms with Gasteiger partial charge < -0.3 is 28.8 Å². The van der Waals surface area contributed by atoms with Crippen molar-refractivity contribution in [2.75, 3.05) is 33.0 Å². The Morgan fingerprint density at radius 2 is 1.77 bits per heavy atom. The molecule has 12 heteroatoms. The van der Waals surface area contributed by atoms with Crippen molar-refractivity contribution < 1.29 is 38.4 Å². The van der Waals surface area contributed by atoms with Gasteiger partial charge in [0.15, 0.2) is 23.0 Å². The molecule has 1 aromatic heterocycles. The molecule has 3 aromatic rings. The monoisotopic (exact) mass is 497 g/mol. The number of Topliss-reactive ketones (excluding diaryl/α,β-unsaturated/α-hetero) is 1. The van der Waals surface area contributed by atoms with E-state index in [9.17, 15) is 14.7 Å². The number of benzene rings is 2. The van der Waals surface area contributed by atoms with Crippen LogP contribution in [-0.4, -0.2) is 55.1 Å². The average molecular weight is 497 g/mol. The Bertz CT molecular complexity index is 1330. The number of fused-ring (bicyclic) bond motifs is 1. The van der Waals surface area contributed by atoms with E-state index >= 15 is 0 Å². The molecule has 1 amide bonds. The molecule has 1 saturated heterocycles. The Hall–Kier alpha value is -4.32. The number of methoxy groups -OCH3 is 3. The molecule has 1 N–H and O–H groups in total. The molecule has 180 valence electrons. The Morgan fingerprint density at radius 3 is 2.40 bits per heavy atom. The molecule has 0 radical (unpaired) electrons. The summed E-state index contributed by atoms with van der Waals surface area (Å²) in [6.07, 6.45) is 0. The minimum atomic E-state index is -1.05. The van der Waals surface area contributed by atoms with Gasteiger partial charge in [0.05, 0.1) is 32.9 Å². The van der Waals surface area contributed by atoms with Crippen LogP contribution in [0.4, 0.5) is 5.13 Å². The molecule has 0 spiro atoms. The maximum atomic E-state index is 13.3. The summed E-state index contributed by atoms with van der Waals surface area (Å²) in [6, 6.07) is 6.90. The SMILES string of the molecule is COc1cc(C2/C(=C(\O)c3ccc4c(c3)OCO4)C(=O)C(=O)N2c2nncs2)cc(OC)c1OC. The van der Waals surface area contributed by atoms with Crippen molar-refractivity contribution >= 4 is 33.9 Å². The third-order valence-electron chi connectivity index (χ3n) is 5.65.